The maximum atomic E-state index is 11.9. The third-order valence-electron chi connectivity index (χ3n) is 2.82. The van der Waals surface area contributed by atoms with E-state index in [2.05, 4.69) is 8.46 Å². The second-order valence-corrected chi connectivity index (χ2v) is 8.84. The fourth-order valence-electron chi connectivity index (χ4n) is 1.75. The molecule has 16 heavy (non-hydrogen) atoms. The van der Waals surface area contributed by atoms with Gasteiger partial charge in [-0.3, -0.25) is 0 Å². The Bertz CT molecular complexity index is 309. The summed E-state index contributed by atoms with van der Waals surface area (Å²) in [6.07, 6.45) is 0.590. The van der Waals surface area contributed by atoms with Gasteiger partial charge in [-0.2, -0.15) is 0 Å². The van der Waals surface area contributed by atoms with Crippen molar-refractivity contribution in [2.24, 2.45) is 5.92 Å². The Morgan fingerprint density at radius 2 is 2.44 bits per heavy atom. The first-order valence-corrected chi connectivity index (χ1v) is 9.83. The van der Waals surface area contributed by atoms with Gasteiger partial charge in [-0.1, -0.05) is 0 Å². The molecule has 0 spiro atoms. The van der Waals surface area contributed by atoms with E-state index in [1.807, 2.05) is 6.92 Å². The molecule has 2 rings (SSSR count). The van der Waals surface area contributed by atoms with Crippen LogP contribution in [-0.2, 0) is 19.1 Å². The zero-order valence-corrected chi connectivity index (χ0v) is 11.5. The molecule has 2 saturated heterocycles. The summed E-state index contributed by atoms with van der Waals surface area (Å²) < 4.78 is 13.7. The normalized spacial score (nSPS) is 32.1. The number of esters is 2. The van der Waals surface area contributed by atoms with Crippen molar-refractivity contribution in [3.8, 4) is 0 Å². The molecule has 0 amide bonds. The van der Waals surface area contributed by atoms with E-state index in [1.165, 1.54) is 0 Å². The van der Waals surface area contributed by atoms with Gasteiger partial charge in [0.1, 0.15) is 0 Å². The summed E-state index contributed by atoms with van der Waals surface area (Å²) in [5.74, 6) is -0.729. The van der Waals surface area contributed by atoms with Crippen molar-refractivity contribution in [2.45, 2.75) is 29.9 Å². The Morgan fingerprint density at radius 1 is 1.75 bits per heavy atom. The summed E-state index contributed by atoms with van der Waals surface area (Å²) in [7, 11) is 0. The molecule has 0 aliphatic carbocycles. The van der Waals surface area contributed by atoms with Crippen molar-refractivity contribution >= 4 is 32.0 Å². The molecule has 2 fully saturated rings. The van der Waals surface area contributed by atoms with Gasteiger partial charge in [0.2, 0.25) is 0 Å². The number of rotatable bonds is 4. The molecule has 2 heterocycles. The average molecular weight is 341 g/mol. The van der Waals surface area contributed by atoms with Crippen molar-refractivity contribution in [3.05, 3.63) is 0 Å². The number of carbonyl (C=O) groups excluding carboxylic acids is 2. The Morgan fingerprint density at radius 3 is 2.88 bits per heavy atom. The second-order valence-electron chi connectivity index (χ2n) is 3.92. The summed E-state index contributed by atoms with van der Waals surface area (Å²) in [5, 5.41) is 0. The van der Waals surface area contributed by atoms with Crippen LogP contribution in [0.1, 0.15) is 19.8 Å². The van der Waals surface area contributed by atoms with Crippen LogP contribution in [0.15, 0.2) is 0 Å². The van der Waals surface area contributed by atoms with Crippen LogP contribution in [0.25, 0.3) is 0 Å². The molecule has 6 heteroatoms. The molecule has 0 aromatic carbocycles. The number of cyclic esters (lactones) is 1. The van der Waals surface area contributed by atoms with Gasteiger partial charge in [0.05, 0.1) is 0 Å². The summed E-state index contributed by atoms with van der Waals surface area (Å²) in [4.78, 5) is 25.2. The summed E-state index contributed by atoms with van der Waals surface area (Å²) >= 11 is -1.02. The molecule has 92 valence electrons. The monoisotopic (exact) mass is 341 g/mol. The van der Waals surface area contributed by atoms with Crippen LogP contribution in [0.3, 0.4) is 0 Å². The van der Waals surface area contributed by atoms with Crippen molar-refractivity contribution in [2.75, 3.05) is 11.5 Å². The number of carbonyl (C=O) groups is 2. The number of halogens is 1. The van der Waals surface area contributed by atoms with Crippen molar-refractivity contribution in [1.29, 1.82) is 0 Å². The van der Waals surface area contributed by atoms with Crippen LogP contribution in [0, 0.1) is 5.92 Å². The van der Waals surface area contributed by atoms with E-state index >= 15 is 0 Å². The SMILES string of the molecule is CCC(C(=O)OC1CCOC1=O)C1NI1C. The minimum atomic E-state index is -1.02. The average Bonchev–Trinajstić information content (AvgIpc) is 2.80. The van der Waals surface area contributed by atoms with Gasteiger partial charge in [0.15, 0.2) is 0 Å². The van der Waals surface area contributed by atoms with Crippen molar-refractivity contribution < 1.29 is 19.1 Å². The van der Waals surface area contributed by atoms with Crippen LogP contribution in [0.4, 0.5) is 0 Å². The minimum absolute atomic E-state index is 0.0800. The maximum absolute atomic E-state index is 11.9. The number of ether oxygens (including phenoxy) is 2. The first kappa shape index (κ1) is 12.1. The third kappa shape index (κ3) is 2.48. The Kier molecular flexibility index (Phi) is 3.68. The molecular formula is C10H16INO4. The van der Waals surface area contributed by atoms with Gasteiger partial charge in [-0.25, -0.2) is 0 Å². The molecule has 0 radical (unpaired) electrons. The first-order valence-electron chi connectivity index (χ1n) is 5.35. The number of nitrogens with one attached hydrogen (secondary N) is 1. The Hall–Kier alpha value is -0.370. The zero-order valence-electron chi connectivity index (χ0n) is 9.36. The molecule has 1 N–H and O–H groups in total. The van der Waals surface area contributed by atoms with E-state index < -0.39 is 32.2 Å². The molecule has 2 aliphatic rings. The second kappa shape index (κ2) is 4.87. The van der Waals surface area contributed by atoms with Crippen LogP contribution >= 0.6 is 20.1 Å². The number of hydrogen-bond donors (Lipinski definition) is 1. The zero-order chi connectivity index (χ0) is 11.7. The molecule has 0 aromatic heterocycles. The fourth-order valence-corrected chi connectivity index (χ4v) is 6.67. The van der Waals surface area contributed by atoms with Gasteiger partial charge in [0.25, 0.3) is 0 Å². The standard InChI is InChI=1S/C10H16INO4/c1-3-6(8-11(2)12-8)9(13)16-7-4-5-15-10(7)14/h6-8,12H,3-5H2,1-2H3. The summed E-state index contributed by atoms with van der Waals surface area (Å²) in [5.41, 5.74) is 0. The van der Waals surface area contributed by atoms with Crippen LogP contribution < -0.4 is 3.53 Å². The summed E-state index contributed by atoms with van der Waals surface area (Å²) in [6.45, 7) is 2.34. The molecular weight excluding hydrogens is 325 g/mol. The van der Waals surface area contributed by atoms with E-state index in [4.69, 9.17) is 9.47 Å². The molecule has 0 aromatic rings. The predicted molar refractivity (Wildman–Crippen MR) is 66.1 cm³/mol. The van der Waals surface area contributed by atoms with Gasteiger partial charge in [0, 0.05) is 0 Å². The molecule has 0 bridgehead atoms. The molecule has 3 atom stereocenters. The molecule has 0 saturated carbocycles. The Balaban J connectivity index is 1.88. The van der Waals surface area contributed by atoms with E-state index in [1.54, 1.807) is 0 Å². The molecule has 5 nitrogen and oxygen atoms in total. The fraction of sp³-hybridized carbons (Fsp3) is 0.800. The predicted octanol–water partition coefficient (Wildman–Crippen LogP) is 0.852. The summed E-state index contributed by atoms with van der Waals surface area (Å²) in [6, 6.07) is 0. The molecule has 2 aliphatic heterocycles. The Labute approximate surface area is 102 Å². The number of hydrogen-bond acceptors (Lipinski definition) is 5. The van der Waals surface area contributed by atoms with Crippen molar-refractivity contribution in [3.63, 3.8) is 0 Å². The van der Waals surface area contributed by atoms with Gasteiger partial charge in [-0.15, -0.1) is 0 Å². The van der Waals surface area contributed by atoms with Gasteiger partial charge < -0.3 is 0 Å². The topological polar surface area (TPSA) is 74.5 Å². The van der Waals surface area contributed by atoms with Gasteiger partial charge in [-0.05, 0) is 0 Å². The van der Waals surface area contributed by atoms with Gasteiger partial charge >= 0.3 is 102 Å². The van der Waals surface area contributed by atoms with E-state index in [-0.39, 0.29) is 11.9 Å². The number of alkyl halides is 2. The first-order chi connectivity index (χ1) is 7.63. The van der Waals surface area contributed by atoms with E-state index in [0.717, 1.165) is 6.42 Å². The quantitative estimate of drug-likeness (QED) is 0.205. The van der Waals surface area contributed by atoms with Crippen LogP contribution in [-0.4, -0.2) is 33.6 Å². The van der Waals surface area contributed by atoms with Crippen molar-refractivity contribution in [1.82, 2.24) is 3.53 Å². The molecule has 3 unspecified atom stereocenters. The van der Waals surface area contributed by atoms with Crippen LogP contribution in [0.2, 0.25) is 0 Å². The van der Waals surface area contributed by atoms with E-state index in [0.29, 0.717) is 17.1 Å². The van der Waals surface area contributed by atoms with Crippen LogP contribution in [0.5, 0.6) is 0 Å². The third-order valence-corrected chi connectivity index (χ3v) is 7.00. The van der Waals surface area contributed by atoms with E-state index in [9.17, 15) is 9.59 Å².